The fourth-order valence-corrected chi connectivity index (χ4v) is 2.91. The van der Waals surface area contributed by atoms with Crippen LogP contribution in [0.25, 0.3) is 5.65 Å². The molecule has 112 valence electrons. The lowest BCUT2D eigenvalue weighted by molar-refractivity contribution is 0.301. The number of aliphatic hydroxyl groups excluding tert-OH is 1. The average Bonchev–Trinajstić information content (AvgIpc) is 3.40. The van der Waals surface area contributed by atoms with Crippen LogP contribution in [0.4, 0.5) is 5.82 Å². The molecule has 0 atom stereocenters. The number of hydrogen-bond donors (Lipinski definition) is 2. The molecule has 0 spiro atoms. The zero-order valence-electron chi connectivity index (χ0n) is 12.2. The summed E-state index contributed by atoms with van der Waals surface area (Å²) < 4.78 is 2.18. The van der Waals surface area contributed by atoms with E-state index in [1.807, 2.05) is 18.2 Å². The molecule has 2 fully saturated rings. The van der Waals surface area contributed by atoms with E-state index in [4.69, 9.17) is 4.98 Å². The van der Waals surface area contributed by atoms with E-state index in [1.54, 1.807) is 0 Å². The van der Waals surface area contributed by atoms with Crippen LogP contribution in [0.3, 0.4) is 0 Å². The van der Waals surface area contributed by atoms with E-state index in [0.717, 1.165) is 18.0 Å². The van der Waals surface area contributed by atoms with Crippen molar-refractivity contribution in [2.24, 2.45) is 0 Å². The van der Waals surface area contributed by atoms with Gasteiger partial charge in [-0.2, -0.15) is 0 Å². The van der Waals surface area contributed by atoms with Gasteiger partial charge in [-0.1, -0.05) is 6.07 Å². The van der Waals surface area contributed by atoms with Gasteiger partial charge in [0.2, 0.25) is 0 Å². The maximum absolute atomic E-state index is 9.38. The van der Waals surface area contributed by atoms with Gasteiger partial charge in [-0.05, 0) is 37.8 Å². The van der Waals surface area contributed by atoms with Gasteiger partial charge in [0.25, 0.3) is 0 Å². The third-order valence-electron chi connectivity index (χ3n) is 4.34. The van der Waals surface area contributed by atoms with E-state index in [-0.39, 0.29) is 6.61 Å². The van der Waals surface area contributed by atoms with Crippen molar-refractivity contribution >= 4 is 11.5 Å². The van der Waals surface area contributed by atoms with Crippen molar-refractivity contribution in [3.8, 4) is 0 Å². The van der Waals surface area contributed by atoms with Gasteiger partial charge in [0, 0.05) is 31.4 Å². The zero-order valence-corrected chi connectivity index (χ0v) is 12.2. The fourth-order valence-electron chi connectivity index (χ4n) is 2.91. The number of pyridine rings is 1. The molecule has 0 aliphatic heterocycles. The number of aliphatic hydroxyl groups is 1. The van der Waals surface area contributed by atoms with E-state index < -0.39 is 0 Å². The van der Waals surface area contributed by atoms with E-state index in [9.17, 15) is 5.11 Å². The quantitative estimate of drug-likeness (QED) is 0.811. The van der Waals surface area contributed by atoms with E-state index in [0.29, 0.717) is 18.6 Å². The Bertz CT molecular complexity index is 630. The van der Waals surface area contributed by atoms with Gasteiger partial charge in [0.1, 0.15) is 5.65 Å². The van der Waals surface area contributed by atoms with Crippen LogP contribution < -0.4 is 10.2 Å². The largest absolute Gasteiger partial charge is 0.395 e. The molecule has 5 nitrogen and oxygen atoms in total. The molecule has 2 N–H and O–H groups in total. The lowest BCUT2D eigenvalue weighted by Gasteiger charge is -2.22. The number of fused-ring (bicyclic) bond motifs is 1. The molecule has 2 aromatic rings. The van der Waals surface area contributed by atoms with Crippen LogP contribution in [0.1, 0.15) is 31.4 Å². The van der Waals surface area contributed by atoms with Crippen LogP contribution in [0.15, 0.2) is 24.4 Å². The summed E-state index contributed by atoms with van der Waals surface area (Å²) in [5.74, 6) is 1.05. The van der Waals surface area contributed by atoms with Crippen LogP contribution in [0.5, 0.6) is 0 Å². The van der Waals surface area contributed by atoms with Crippen LogP contribution >= 0.6 is 0 Å². The van der Waals surface area contributed by atoms with Gasteiger partial charge in [-0.3, -0.25) is 0 Å². The van der Waals surface area contributed by atoms with Crippen molar-refractivity contribution in [1.29, 1.82) is 0 Å². The molecule has 0 unspecified atom stereocenters. The van der Waals surface area contributed by atoms with Crippen LogP contribution in [-0.2, 0) is 6.54 Å². The number of rotatable bonds is 7. The van der Waals surface area contributed by atoms with Crippen molar-refractivity contribution in [3.05, 3.63) is 30.1 Å². The second-order valence-electron chi connectivity index (χ2n) is 6.11. The summed E-state index contributed by atoms with van der Waals surface area (Å²) in [4.78, 5) is 7.12. The highest BCUT2D eigenvalue weighted by Crippen LogP contribution is 2.33. The lowest BCUT2D eigenvalue weighted by Crippen LogP contribution is -2.31. The second-order valence-corrected chi connectivity index (χ2v) is 6.11. The predicted molar refractivity (Wildman–Crippen MR) is 82.5 cm³/mol. The Morgan fingerprint density at radius 2 is 2.14 bits per heavy atom. The van der Waals surface area contributed by atoms with Crippen molar-refractivity contribution in [3.63, 3.8) is 0 Å². The normalized spacial score (nSPS) is 18.3. The number of aromatic nitrogens is 2. The number of hydrogen-bond acceptors (Lipinski definition) is 4. The Balaban J connectivity index is 1.71. The van der Waals surface area contributed by atoms with E-state index >= 15 is 0 Å². The third kappa shape index (κ3) is 2.63. The average molecular weight is 286 g/mol. The second kappa shape index (κ2) is 5.31. The highest BCUT2D eigenvalue weighted by molar-refractivity contribution is 5.57. The summed E-state index contributed by atoms with van der Waals surface area (Å²) in [5, 5.41) is 13.0. The summed E-state index contributed by atoms with van der Waals surface area (Å²) in [6.45, 7) is 1.70. The maximum atomic E-state index is 9.38. The van der Waals surface area contributed by atoms with Gasteiger partial charge in [-0.25, -0.2) is 4.98 Å². The molecule has 0 aromatic carbocycles. The first-order valence-corrected chi connectivity index (χ1v) is 7.93. The molecule has 4 rings (SSSR count). The molecule has 0 radical (unpaired) electrons. The van der Waals surface area contributed by atoms with Gasteiger partial charge in [0.05, 0.1) is 12.3 Å². The Kier molecular flexibility index (Phi) is 3.31. The topological polar surface area (TPSA) is 52.8 Å². The number of nitrogens with zero attached hydrogens (tertiary/aromatic N) is 3. The first-order valence-electron chi connectivity index (χ1n) is 7.93. The molecule has 0 bridgehead atoms. The minimum atomic E-state index is 0.180. The molecule has 0 amide bonds. The number of anilines is 1. The third-order valence-corrected chi connectivity index (χ3v) is 4.34. The minimum Gasteiger partial charge on any atom is -0.395 e. The Morgan fingerprint density at radius 1 is 1.29 bits per heavy atom. The van der Waals surface area contributed by atoms with E-state index in [2.05, 4.69) is 20.8 Å². The first-order chi connectivity index (χ1) is 10.4. The molecule has 0 saturated heterocycles. The standard InChI is InChI=1S/C16H22N4O/c21-10-9-19(13-6-7-13)16-14(11-17-12-4-5-12)20-8-2-1-3-15(20)18-16/h1-3,8,12-13,17,21H,4-7,9-11H2. The van der Waals surface area contributed by atoms with Gasteiger partial charge < -0.3 is 19.7 Å². The molecular formula is C16H22N4O. The zero-order chi connectivity index (χ0) is 14.2. The van der Waals surface area contributed by atoms with Gasteiger partial charge in [-0.15, -0.1) is 0 Å². The van der Waals surface area contributed by atoms with Crippen molar-refractivity contribution in [1.82, 2.24) is 14.7 Å². The molecule has 2 aliphatic rings. The summed E-state index contributed by atoms with van der Waals surface area (Å²) in [6, 6.07) is 7.36. The molecule has 21 heavy (non-hydrogen) atoms. The van der Waals surface area contributed by atoms with Crippen LogP contribution in [0, 0.1) is 0 Å². The Morgan fingerprint density at radius 3 is 2.86 bits per heavy atom. The van der Waals surface area contributed by atoms with Crippen molar-refractivity contribution in [2.75, 3.05) is 18.1 Å². The van der Waals surface area contributed by atoms with Crippen LogP contribution in [-0.4, -0.2) is 39.7 Å². The fraction of sp³-hybridized carbons (Fsp3) is 0.562. The molecule has 2 heterocycles. The number of imidazole rings is 1. The van der Waals surface area contributed by atoms with Crippen LogP contribution in [0.2, 0.25) is 0 Å². The monoisotopic (exact) mass is 286 g/mol. The summed E-state index contributed by atoms with van der Waals surface area (Å²) in [7, 11) is 0. The molecular weight excluding hydrogens is 264 g/mol. The van der Waals surface area contributed by atoms with Crippen molar-refractivity contribution in [2.45, 2.75) is 44.3 Å². The summed E-state index contributed by atoms with van der Waals surface area (Å²) in [6.07, 6.45) is 7.08. The summed E-state index contributed by atoms with van der Waals surface area (Å²) >= 11 is 0. The van der Waals surface area contributed by atoms with E-state index in [1.165, 1.54) is 31.4 Å². The Hall–Kier alpha value is -1.59. The predicted octanol–water partition coefficient (Wildman–Crippen LogP) is 1.55. The summed E-state index contributed by atoms with van der Waals surface area (Å²) in [5.41, 5.74) is 2.21. The lowest BCUT2D eigenvalue weighted by atomic mass is 10.3. The molecule has 2 aliphatic carbocycles. The first kappa shape index (κ1) is 13.1. The molecule has 2 aromatic heterocycles. The maximum Gasteiger partial charge on any atom is 0.152 e. The Labute approximate surface area is 124 Å². The van der Waals surface area contributed by atoms with Crippen molar-refractivity contribution < 1.29 is 5.11 Å². The highest BCUT2D eigenvalue weighted by atomic mass is 16.3. The minimum absolute atomic E-state index is 0.180. The van der Waals surface area contributed by atoms with Gasteiger partial charge in [0.15, 0.2) is 5.82 Å². The smallest absolute Gasteiger partial charge is 0.152 e. The SMILES string of the molecule is OCCN(c1nc2ccccn2c1CNC1CC1)C1CC1. The highest BCUT2D eigenvalue weighted by Gasteiger charge is 2.32. The molecule has 2 saturated carbocycles. The van der Waals surface area contributed by atoms with Gasteiger partial charge >= 0.3 is 0 Å². The molecule has 5 heteroatoms. The number of nitrogens with one attached hydrogen (secondary N) is 1.